The van der Waals surface area contributed by atoms with Crippen molar-refractivity contribution in [2.45, 2.75) is 45.0 Å². The molecule has 0 aliphatic carbocycles. The number of carbonyl (C=O) groups excluding carboxylic acids is 1. The normalized spacial score (nSPS) is 32.9. The highest BCUT2D eigenvalue weighted by Gasteiger charge is 2.40. The van der Waals surface area contributed by atoms with E-state index in [2.05, 4.69) is 24.4 Å². The summed E-state index contributed by atoms with van der Waals surface area (Å²) in [6.45, 7) is 5.71. The van der Waals surface area contributed by atoms with E-state index in [1.807, 2.05) is 30.0 Å². The first-order valence-electron chi connectivity index (χ1n) is 7.93. The second kappa shape index (κ2) is 6.16. The molecule has 2 aliphatic heterocycles. The quantitative estimate of drug-likeness (QED) is 0.924. The molecule has 2 saturated heterocycles. The van der Waals surface area contributed by atoms with Gasteiger partial charge in [0.1, 0.15) is 6.17 Å². The van der Waals surface area contributed by atoms with Gasteiger partial charge in [0.25, 0.3) is 0 Å². The molecular weight excluding hydrogens is 264 g/mol. The van der Waals surface area contributed by atoms with E-state index >= 15 is 0 Å². The minimum atomic E-state index is -0.113. The summed E-state index contributed by atoms with van der Waals surface area (Å²) in [6, 6.07) is 10.1. The monoisotopic (exact) mass is 288 g/mol. The Labute approximate surface area is 126 Å². The number of nitrogens with zero attached hydrogens (tertiary/aromatic N) is 1. The minimum absolute atomic E-state index is 0.00759. The third-order valence-corrected chi connectivity index (χ3v) is 4.67. The number of ether oxygens (including phenoxy) is 1. The molecule has 1 N–H and O–H groups in total. The van der Waals surface area contributed by atoms with Crippen LogP contribution in [0.5, 0.6) is 0 Å². The highest BCUT2D eigenvalue weighted by molar-refractivity contribution is 5.84. The number of rotatable bonds is 4. The lowest BCUT2D eigenvalue weighted by molar-refractivity contribution is -0.130. The van der Waals surface area contributed by atoms with Crippen molar-refractivity contribution in [1.29, 1.82) is 0 Å². The average Bonchev–Trinajstić information content (AvgIpc) is 3.08. The van der Waals surface area contributed by atoms with E-state index in [1.165, 1.54) is 0 Å². The molecule has 2 heterocycles. The number of hydrogen-bond acceptors (Lipinski definition) is 3. The summed E-state index contributed by atoms with van der Waals surface area (Å²) < 4.78 is 5.77. The van der Waals surface area contributed by atoms with Gasteiger partial charge in [0, 0.05) is 19.1 Å². The van der Waals surface area contributed by atoms with E-state index in [1.54, 1.807) is 0 Å². The molecule has 0 aromatic heterocycles. The highest BCUT2D eigenvalue weighted by Crippen LogP contribution is 2.30. The van der Waals surface area contributed by atoms with Gasteiger partial charge in [0.05, 0.1) is 12.1 Å². The van der Waals surface area contributed by atoms with Crippen molar-refractivity contribution in [1.82, 2.24) is 10.2 Å². The topological polar surface area (TPSA) is 41.6 Å². The fourth-order valence-corrected chi connectivity index (χ4v) is 3.49. The van der Waals surface area contributed by atoms with Gasteiger partial charge < -0.3 is 9.64 Å². The van der Waals surface area contributed by atoms with Crippen LogP contribution >= 0.6 is 0 Å². The molecule has 0 radical (unpaired) electrons. The van der Waals surface area contributed by atoms with Crippen molar-refractivity contribution in [3.63, 3.8) is 0 Å². The Bertz CT molecular complexity index is 491. The second-order valence-corrected chi connectivity index (χ2v) is 6.06. The molecule has 2 fully saturated rings. The van der Waals surface area contributed by atoms with Crippen LogP contribution in [0.4, 0.5) is 0 Å². The van der Waals surface area contributed by atoms with E-state index in [0.717, 1.165) is 31.6 Å². The maximum absolute atomic E-state index is 12.5. The lowest BCUT2D eigenvalue weighted by Gasteiger charge is -2.29. The van der Waals surface area contributed by atoms with Crippen LogP contribution < -0.4 is 5.32 Å². The Kier molecular flexibility index (Phi) is 4.27. The zero-order valence-electron chi connectivity index (χ0n) is 12.8. The molecule has 3 rings (SSSR count). The van der Waals surface area contributed by atoms with Crippen molar-refractivity contribution < 1.29 is 9.53 Å². The van der Waals surface area contributed by atoms with Gasteiger partial charge >= 0.3 is 0 Å². The average molecular weight is 288 g/mol. The van der Waals surface area contributed by atoms with Gasteiger partial charge in [0.15, 0.2) is 0 Å². The van der Waals surface area contributed by atoms with E-state index in [0.29, 0.717) is 12.0 Å². The summed E-state index contributed by atoms with van der Waals surface area (Å²) in [4.78, 5) is 14.5. The van der Waals surface area contributed by atoms with Crippen LogP contribution in [0.3, 0.4) is 0 Å². The molecule has 0 spiro atoms. The first-order chi connectivity index (χ1) is 10.2. The third-order valence-electron chi connectivity index (χ3n) is 4.67. The molecule has 114 valence electrons. The predicted octanol–water partition coefficient (Wildman–Crippen LogP) is 2.32. The fourth-order valence-electron chi connectivity index (χ4n) is 3.49. The third kappa shape index (κ3) is 2.83. The van der Waals surface area contributed by atoms with E-state index in [9.17, 15) is 4.79 Å². The molecule has 0 bridgehead atoms. The summed E-state index contributed by atoms with van der Waals surface area (Å²) in [5.74, 6) is 0.655. The van der Waals surface area contributed by atoms with Gasteiger partial charge in [-0.2, -0.15) is 0 Å². The second-order valence-electron chi connectivity index (χ2n) is 6.06. The minimum Gasteiger partial charge on any atom is -0.378 e. The van der Waals surface area contributed by atoms with Gasteiger partial charge in [-0.05, 0) is 25.3 Å². The summed E-state index contributed by atoms with van der Waals surface area (Å²) >= 11 is 0. The van der Waals surface area contributed by atoms with Crippen molar-refractivity contribution in [3.05, 3.63) is 35.9 Å². The number of hydrogen-bond donors (Lipinski definition) is 1. The van der Waals surface area contributed by atoms with Crippen molar-refractivity contribution in [2.75, 3.05) is 13.2 Å². The van der Waals surface area contributed by atoms with Crippen LogP contribution in [0, 0.1) is 5.92 Å². The van der Waals surface area contributed by atoms with Crippen molar-refractivity contribution >= 4 is 5.91 Å². The molecule has 4 heteroatoms. The van der Waals surface area contributed by atoms with Crippen LogP contribution in [0.1, 0.15) is 38.4 Å². The van der Waals surface area contributed by atoms with E-state index < -0.39 is 0 Å². The molecule has 1 aromatic carbocycles. The maximum Gasteiger partial charge on any atom is 0.241 e. The van der Waals surface area contributed by atoms with Crippen LogP contribution in [0.2, 0.25) is 0 Å². The van der Waals surface area contributed by atoms with Gasteiger partial charge in [0.2, 0.25) is 5.91 Å². The maximum atomic E-state index is 12.5. The zero-order valence-corrected chi connectivity index (χ0v) is 12.8. The Morgan fingerprint density at radius 3 is 2.81 bits per heavy atom. The van der Waals surface area contributed by atoms with Crippen molar-refractivity contribution in [2.24, 2.45) is 5.92 Å². The molecule has 21 heavy (non-hydrogen) atoms. The van der Waals surface area contributed by atoms with Crippen LogP contribution in [-0.4, -0.2) is 36.1 Å². The smallest absolute Gasteiger partial charge is 0.241 e. The Hall–Kier alpha value is -1.39. The van der Waals surface area contributed by atoms with E-state index in [4.69, 9.17) is 4.74 Å². The van der Waals surface area contributed by atoms with Crippen molar-refractivity contribution in [3.8, 4) is 0 Å². The first-order valence-corrected chi connectivity index (χ1v) is 7.93. The Morgan fingerprint density at radius 1 is 1.33 bits per heavy atom. The standard InChI is InChI=1S/C17H24N2O2/c1-3-15-14(9-10-21-15)11-19-16(18-12(2)17(19)20)13-7-5-4-6-8-13/h4-8,12,14-16,18H,3,9-11H2,1-2H3. The predicted molar refractivity (Wildman–Crippen MR) is 81.6 cm³/mol. The van der Waals surface area contributed by atoms with Gasteiger partial charge in [-0.3, -0.25) is 10.1 Å². The van der Waals surface area contributed by atoms with Gasteiger partial charge in [-0.25, -0.2) is 0 Å². The molecular formula is C17H24N2O2. The largest absolute Gasteiger partial charge is 0.378 e. The molecule has 4 unspecified atom stereocenters. The summed E-state index contributed by atoms with van der Waals surface area (Å²) in [6.07, 6.45) is 2.36. The zero-order chi connectivity index (χ0) is 14.8. The van der Waals surface area contributed by atoms with E-state index in [-0.39, 0.29) is 18.1 Å². The number of carbonyl (C=O) groups is 1. The van der Waals surface area contributed by atoms with Gasteiger partial charge in [-0.1, -0.05) is 37.3 Å². The molecule has 1 aromatic rings. The van der Waals surface area contributed by atoms with Crippen LogP contribution in [0.25, 0.3) is 0 Å². The summed E-state index contributed by atoms with van der Waals surface area (Å²) in [5.41, 5.74) is 1.15. The number of benzene rings is 1. The summed E-state index contributed by atoms with van der Waals surface area (Å²) in [7, 11) is 0. The lowest BCUT2D eigenvalue weighted by atomic mass is 9.98. The number of nitrogens with one attached hydrogen (secondary N) is 1. The molecule has 1 amide bonds. The lowest BCUT2D eigenvalue weighted by Crippen LogP contribution is -2.37. The summed E-state index contributed by atoms with van der Waals surface area (Å²) in [5, 5.41) is 3.41. The highest BCUT2D eigenvalue weighted by atomic mass is 16.5. The van der Waals surface area contributed by atoms with Gasteiger partial charge in [-0.15, -0.1) is 0 Å². The Balaban J connectivity index is 1.78. The molecule has 0 saturated carbocycles. The number of amides is 1. The fraction of sp³-hybridized carbons (Fsp3) is 0.588. The molecule has 2 aliphatic rings. The molecule has 4 nitrogen and oxygen atoms in total. The van der Waals surface area contributed by atoms with Crippen LogP contribution in [-0.2, 0) is 9.53 Å². The van der Waals surface area contributed by atoms with Crippen LogP contribution in [0.15, 0.2) is 30.3 Å². The molecule has 4 atom stereocenters. The first kappa shape index (κ1) is 14.5. The SMILES string of the molecule is CCC1OCCC1CN1C(=O)C(C)NC1c1ccccc1. The Morgan fingerprint density at radius 2 is 2.10 bits per heavy atom.